The fourth-order valence-electron chi connectivity index (χ4n) is 3.02. The van der Waals surface area contributed by atoms with Crippen molar-refractivity contribution in [2.24, 2.45) is 0 Å². The van der Waals surface area contributed by atoms with Gasteiger partial charge in [-0.25, -0.2) is 0 Å². The average Bonchev–Trinajstić information content (AvgIpc) is 2.72. The van der Waals surface area contributed by atoms with E-state index in [1.54, 1.807) is 30.7 Å². The number of hydrogen-bond donors (Lipinski definition) is 1. The fraction of sp³-hybridized carbons (Fsp3) is 0.417. The summed E-state index contributed by atoms with van der Waals surface area (Å²) in [6.07, 6.45) is 0. The molecule has 0 aliphatic rings. The first-order valence-corrected chi connectivity index (χ1v) is 11.3. The van der Waals surface area contributed by atoms with E-state index in [2.05, 4.69) is 24.4 Å². The number of aryl methyl sites for hydroxylation is 1. The van der Waals surface area contributed by atoms with Crippen molar-refractivity contribution in [1.29, 1.82) is 0 Å². The first-order chi connectivity index (χ1) is 14.3. The van der Waals surface area contributed by atoms with Crippen LogP contribution in [0.2, 0.25) is 0 Å². The molecule has 0 bridgehead atoms. The minimum absolute atomic E-state index is 0.0216. The van der Waals surface area contributed by atoms with Crippen molar-refractivity contribution in [3.8, 4) is 5.75 Å². The Morgan fingerprint density at radius 1 is 1.07 bits per heavy atom. The lowest BCUT2D eigenvalue weighted by Gasteiger charge is -2.29. The van der Waals surface area contributed by atoms with Gasteiger partial charge in [0, 0.05) is 18.3 Å². The highest BCUT2D eigenvalue weighted by Crippen LogP contribution is 2.19. The molecule has 1 atom stereocenters. The van der Waals surface area contributed by atoms with E-state index in [0.29, 0.717) is 12.3 Å². The highest BCUT2D eigenvalue weighted by atomic mass is 32.2. The maximum atomic E-state index is 13.1. The van der Waals surface area contributed by atoms with Gasteiger partial charge in [0.25, 0.3) is 0 Å². The number of rotatable bonds is 10. The topological polar surface area (TPSA) is 58.6 Å². The van der Waals surface area contributed by atoms with Crippen LogP contribution < -0.4 is 10.1 Å². The number of nitrogens with zero attached hydrogens (tertiary/aromatic N) is 1. The molecule has 0 saturated carbocycles. The molecular weight excluding hydrogens is 396 g/mol. The smallest absolute Gasteiger partial charge is 0.242 e. The standard InChI is InChI=1S/C24H32N2O3S/c1-17(2)25-24(28)19(4)26(14-20-10-12-22(29-5)13-11-20)23(27)16-30-15-21-9-7-6-8-18(21)3/h6-13,17,19H,14-16H2,1-5H3,(H,25,28). The molecule has 30 heavy (non-hydrogen) atoms. The maximum Gasteiger partial charge on any atom is 0.242 e. The van der Waals surface area contributed by atoms with E-state index in [0.717, 1.165) is 17.1 Å². The van der Waals surface area contributed by atoms with Gasteiger partial charge in [-0.05, 0) is 56.5 Å². The molecule has 1 unspecified atom stereocenters. The zero-order chi connectivity index (χ0) is 22.1. The van der Waals surface area contributed by atoms with Gasteiger partial charge in [0.05, 0.1) is 12.9 Å². The first kappa shape index (κ1) is 23.8. The van der Waals surface area contributed by atoms with Crippen molar-refractivity contribution in [2.75, 3.05) is 12.9 Å². The van der Waals surface area contributed by atoms with Gasteiger partial charge in [-0.2, -0.15) is 0 Å². The lowest BCUT2D eigenvalue weighted by molar-refractivity contribution is -0.138. The molecule has 0 saturated heterocycles. The van der Waals surface area contributed by atoms with Crippen LogP contribution in [-0.4, -0.2) is 41.7 Å². The van der Waals surface area contributed by atoms with E-state index in [9.17, 15) is 9.59 Å². The lowest BCUT2D eigenvalue weighted by Crippen LogP contribution is -2.49. The molecule has 2 aromatic carbocycles. The summed E-state index contributed by atoms with van der Waals surface area (Å²) in [5, 5.41) is 2.91. The van der Waals surface area contributed by atoms with E-state index >= 15 is 0 Å². The van der Waals surface area contributed by atoms with Crippen molar-refractivity contribution < 1.29 is 14.3 Å². The lowest BCUT2D eigenvalue weighted by atomic mass is 10.1. The molecule has 0 radical (unpaired) electrons. The van der Waals surface area contributed by atoms with Crippen molar-refractivity contribution >= 4 is 23.6 Å². The van der Waals surface area contributed by atoms with Crippen LogP contribution in [0.5, 0.6) is 5.75 Å². The van der Waals surface area contributed by atoms with E-state index in [1.807, 2.05) is 50.2 Å². The molecular formula is C24H32N2O3S. The van der Waals surface area contributed by atoms with Gasteiger partial charge in [0.2, 0.25) is 11.8 Å². The van der Waals surface area contributed by atoms with Crippen LogP contribution in [0.1, 0.15) is 37.5 Å². The van der Waals surface area contributed by atoms with Crippen LogP contribution >= 0.6 is 11.8 Å². The predicted molar refractivity (Wildman–Crippen MR) is 124 cm³/mol. The molecule has 0 fully saturated rings. The minimum atomic E-state index is -0.555. The molecule has 0 spiro atoms. The Morgan fingerprint density at radius 3 is 2.33 bits per heavy atom. The van der Waals surface area contributed by atoms with Gasteiger partial charge < -0.3 is 15.0 Å². The molecule has 0 aromatic heterocycles. The maximum absolute atomic E-state index is 13.1. The molecule has 0 heterocycles. The molecule has 162 valence electrons. The normalized spacial score (nSPS) is 11.8. The Balaban J connectivity index is 2.08. The second kappa shape index (κ2) is 11.6. The number of benzene rings is 2. The SMILES string of the molecule is COc1ccc(CN(C(=O)CSCc2ccccc2C)C(C)C(=O)NC(C)C)cc1. The molecule has 6 heteroatoms. The second-order valence-electron chi connectivity index (χ2n) is 7.63. The molecule has 0 aliphatic carbocycles. The predicted octanol–water partition coefficient (Wildman–Crippen LogP) is 4.18. The van der Waals surface area contributed by atoms with Crippen molar-refractivity contribution in [3.05, 3.63) is 65.2 Å². The number of amides is 2. The third kappa shape index (κ3) is 7.10. The Morgan fingerprint density at radius 2 is 1.73 bits per heavy atom. The highest BCUT2D eigenvalue weighted by molar-refractivity contribution is 7.99. The summed E-state index contributed by atoms with van der Waals surface area (Å²) in [5.41, 5.74) is 3.40. The first-order valence-electron chi connectivity index (χ1n) is 10.2. The van der Waals surface area contributed by atoms with Crippen molar-refractivity contribution in [1.82, 2.24) is 10.2 Å². The molecule has 2 amide bonds. The van der Waals surface area contributed by atoms with Gasteiger partial charge in [-0.1, -0.05) is 36.4 Å². The summed E-state index contributed by atoms with van der Waals surface area (Å²) in [4.78, 5) is 27.3. The molecule has 2 rings (SSSR count). The Kier molecular flexibility index (Phi) is 9.24. The molecule has 2 aromatic rings. The summed E-state index contributed by atoms with van der Waals surface area (Å²) < 4.78 is 5.21. The van der Waals surface area contributed by atoms with Crippen LogP contribution in [0.4, 0.5) is 0 Å². The van der Waals surface area contributed by atoms with E-state index in [4.69, 9.17) is 4.74 Å². The van der Waals surface area contributed by atoms with Gasteiger partial charge in [0.15, 0.2) is 0 Å². The van der Waals surface area contributed by atoms with E-state index < -0.39 is 6.04 Å². The van der Waals surface area contributed by atoms with Crippen LogP contribution in [0.3, 0.4) is 0 Å². The summed E-state index contributed by atoms with van der Waals surface area (Å²) in [5.74, 6) is 1.66. The monoisotopic (exact) mass is 428 g/mol. The number of hydrogen-bond acceptors (Lipinski definition) is 4. The number of nitrogens with one attached hydrogen (secondary N) is 1. The third-order valence-electron chi connectivity index (χ3n) is 4.85. The number of thioether (sulfide) groups is 1. The Hall–Kier alpha value is -2.47. The summed E-state index contributed by atoms with van der Waals surface area (Å²) >= 11 is 1.57. The second-order valence-corrected chi connectivity index (χ2v) is 8.61. The number of methoxy groups -OCH3 is 1. The zero-order valence-electron chi connectivity index (χ0n) is 18.5. The minimum Gasteiger partial charge on any atom is -0.497 e. The van der Waals surface area contributed by atoms with Gasteiger partial charge in [0.1, 0.15) is 11.8 Å². The van der Waals surface area contributed by atoms with Crippen LogP contribution in [0.15, 0.2) is 48.5 Å². The van der Waals surface area contributed by atoms with Gasteiger partial charge in [-0.15, -0.1) is 11.8 Å². The quantitative estimate of drug-likeness (QED) is 0.617. The molecule has 0 aliphatic heterocycles. The van der Waals surface area contributed by atoms with E-state index in [-0.39, 0.29) is 17.9 Å². The van der Waals surface area contributed by atoms with Gasteiger partial charge >= 0.3 is 0 Å². The summed E-state index contributed by atoms with van der Waals surface area (Å²) in [7, 11) is 1.62. The Bertz CT molecular complexity index is 837. The van der Waals surface area contributed by atoms with Gasteiger partial charge in [-0.3, -0.25) is 9.59 Å². The average molecular weight is 429 g/mol. The summed E-state index contributed by atoms with van der Waals surface area (Å²) in [6.45, 7) is 8.06. The van der Waals surface area contributed by atoms with Crippen molar-refractivity contribution in [3.63, 3.8) is 0 Å². The van der Waals surface area contributed by atoms with E-state index in [1.165, 1.54) is 11.1 Å². The number of carbonyl (C=O) groups is 2. The Labute approximate surface area is 184 Å². The fourth-order valence-corrected chi connectivity index (χ4v) is 4.00. The van der Waals surface area contributed by atoms with Crippen LogP contribution in [0, 0.1) is 6.92 Å². The number of carbonyl (C=O) groups excluding carboxylic acids is 2. The van der Waals surface area contributed by atoms with Crippen molar-refractivity contribution in [2.45, 2.75) is 52.1 Å². The van der Waals surface area contributed by atoms with Crippen LogP contribution in [0.25, 0.3) is 0 Å². The van der Waals surface area contributed by atoms with Crippen LogP contribution in [-0.2, 0) is 21.9 Å². The third-order valence-corrected chi connectivity index (χ3v) is 5.82. The molecule has 5 nitrogen and oxygen atoms in total. The highest BCUT2D eigenvalue weighted by Gasteiger charge is 2.26. The largest absolute Gasteiger partial charge is 0.497 e. The number of ether oxygens (including phenoxy) is 1. The zero-order valence-corrected chi connectivity index (χ0v) is 19.3. The summed E-state index contributed by atoms with van der Waals surface area (Å²) in [6, 6.07) is 15.2. The molecule has 1 N–H and O–H groups in total.